The van der Waals surface area contributed by atoms with Crippen LogP contribution in [-0.4, -0.2) is 0 Å². The largest absolute Gasteiger partial charge is 0.324 e. The summed E-state index contributed by atoms with van der Waals surface area (Å²) in [5.74, 6) is -0.142. The van der Waals surface area contributed by atoms with Crippen molar-refractivity contribution in [3.63, 3.8) is 0 Å². The minimum Gasteiger partial charge on any atom is -0.324 e. The van der Waals surface area contributed by atoms with Crippen molar-refractivity contribution in [1.82, 2.24) is 0 Å². The molecule has 3 rings (SSSR count). The maximum Gasteiger partial charge on any atom is 0.131 e. The lowest BCUT2D eigenvalue weighted by Gasteiger charge is -2.15. The van der Waals surface area contributed by atoms with E-state index in [1.165, 1.54) is 5.56 Å². The maximum absolute atomic E-state index is 14.0. The van der Waals surface area contributed by atoms with E-state index in [1.54, 1.807) is 6.07 Å². The molecule has 0 heterocycles. The van der Waals surface area contributed by atoms with E-state index < -0.39 is 0 Å². The molecule has 2 N–H and O–H groups in total. The molecule has 0 amide bonds. The highest BCUT2D eigenvalue weighted by Crippen LogP contribution is 2.33. The number of hydrogen-bond donors (Lipinski definition) is 1. The molecule has 0 saturated heterocycles. The molecule has 0 aliphatic heterocycles. The molecule has 88 valence electrons. The summed E-state index contributed by atoms with van der Waals surface area (Å²) in [5.41, 5.74) is 8.41. The van der Waals surface area contributed by atoms with Gasteiger partial charge in [0.25, 0.3) is 0 Å². The van der Waals surface area contributed by atoms with Crippen LogP contribution in [0.4, 0.5) is 4.39 Å². The van der Waals surface area contributed by atoms with Crippen molar-refractivity contribution in [2.45, 2.75) is 31.7 Å². The van der Waals surface area contributed by atoms with Crippen LogP contribution in [0.5, 0.6) is 0 Å². The van der Waals surface area contributed by atoms with Crippen molar-refractivity contribution >= 4 is 10.8 Å². The monoisotopic (exact) mass is 229 g/mol. The summed E-state index contributed by atoms with van der Waals surface area (Å²) in [4.78, 5) is 0. The first-order chi connectivity index (χ1) is 8.27. The number of benzene rings is 2. The predicted octanol–water partition coefficient (Wildman–Crippen LogP) is 3.71. The van der Waals surface area contributed by atoms with Crippen LogP contribution < -0.4 is 5.73 Å². The summed E-state index contributed by atoms with van der Waals surface area (Å²) >= 11 is 0. The van der Waals surface area contributed by atoms with Crippen LogP contribution in [0, 0.1) is 5.82 Å². The molecular formula is C15H16FN. The Kier molecular flexibility index (Phi) is 2.60. The third kappa shape index (κ3) is 1.73. The molecule has 1 nitrogen and oxygen atoms in total. The minimum atomic E-state index is -0.142. The SMILES string of the molecule is N[C@H]1CCCCc2c1cc(F)c1ccccc21. The van der Waals surface area contributed by atoms with Crippen molar-refractivity contribution in [1.29, 1.82) is 0 Å². The van der Waals surface area contributed by atoms with Crippen molar-refractivity contribution in [3.05, 3.63) is 47.3 Å². The molecule has 17 heavy (non-hydrogen) atoms. The van der Waals surface area contributed by atoms with Crippen LogP contribution in [0.15, 0.2) is 30.3 Å². The Morgan fingerprint density at radius 3 is 2.71 bits per heavy atom. The molecule has 2 aromatic rings. The van der Waals surface area contributed by atoms with Gasteiger partial charge in [-0.1, -0.05) is 30.7 Å². The van der Waals surface area contributed by atoms with E-state index in [2.05, 4.69) is 0 Å². The van der Waals surface area contributed by atoms with E-state index in [4.69, 9.17) is 5.73 Å². The number of aryl methyl sites for hydroxylation is 1. The van der Waals surface area contributed by atoms with Gasteiger partial charge in [0.05, 0.1) is 0 Å². The molecule has 1 aliphatic rings. The van der Waals surface area contributed by atoms with Crippen molar-refractivity contribution in [3.8, 4) is 0 Å². The van der Waals surface area contributed by atoms with Crippen molar-refractivity contribution < 1.29 is 4.39 Å². The van der Waals surface area contributed by atoms with Crippen LogP contribution in [0.1, 0.15) is 36.4 Å². The Morgan fingerprint density at radius 2 is 1.88 bits per heavy atom. The first kappa shape index (κ1) is 10.7. The molecule has 2 heteroatoms. The number of nitrogens with two attached hydrogens (primary N) is 1. The summed E-state index contributed by atoms with van der Waals surface area (Å²) < 4.78 is 14.0. The van der Waals surface area contributed by atoms with Gasteiger partial charge in [-0.3, -0.25) is 0 Å². The minimum absolute atomic E-state index is 0.00777. The first-order valence-corrected chi connectivity index (χ1v) is 6.23. The van der Waals surface area contributed by atoms with Crippen LogP contribution in [-0.2, 0) is 6.42 Å². The standard InChI is InChI=1S/C15H16FN/c16-14-9-13-11(6-3-4-8-15(13)17)10-5-1-2-7-12(10)14/h1-2,5,7,9,15H,3-4,6,8,17H2/t15-/m0/s1. The highest BCUT2D eigenvalue weighted by molar-refractivity contribution is 5.87. The molecule has 0 spiro atoms. The topological polar surface area (TPSA) is 26.0 Å². The summed E-state index contributed by atoms with van der Waals surface area (Å²) in [6.07, 6.45) is 4.26. The molecule has 1 atom stereocenters. The zero-order valence-electron chi connectivity index (χ0n) is 9.75. The van der Waals surface area contributed by atoms with Gasteiger partial charge in [0.2, 0.25) is 0 Å². The number of fused-ring (bicyclic) bond motifs is 3. The molecule has 0 saturated carbocycles. The van der Waals surface area contributed by atoms with E-state index >= 15 is 0 Å². The van der Waals surface area contributed by atoms with Crippen LogP contribution in [0.3, 0.4) is 0 Å². The number of halogens is 1. The average Bonchev–Trinajstić information content (AvgIpc) is 2.53. The molecule has 0 unspecified atom stereocenters. The highest BCUT2D eigenvalue weighted by atomic mass is 19.1. The van der Waals surface area contributed by atoms with E-state index in [1.807, 2.05) is 24.3 Å². The van der Waals surface area contributed by atoms with Gasteiger partial charge in [-0.05, 0) is 41.8 Å². The second-order valence-electron chi connectivity index (χ2n) is 4.82. The Bertz CT molecular complexity index is 562. The van der Waals surface area contributed by atoms with Crippen LogP contribution in [0.25, 0.3) is 10.8 Å². The van der Waals surface area contributed by atoms with E-state index in [9.17, 15) is 4.39 Å². The van der Waals surface area contributed by atoms with Crippen molar-refractivity contribution in [2.24, 2.45) is 5.73 Å². The molecular weight excluding hydrogens is 213 g/mol. The molecule has 0 fully saturated rings. The smallest absolute Gasteiger partial charge is 0.131 e. The number of rotatable bonds is 0. The lowest BCUT2D eigenvalue weighted by atomic mass is 9.93. The lowest BCUT2D eigenvalue weighted by Crippen LogP contribution is -2.11. The van der Waals surface area contributed by atoms with Gasteiger partial charge in [-0.25, -0.2) is 4.39 Å². The molecule has 0 bridgehead atoms. The third-order valence-corrected chi connectivity index (χ3v) is 3.73. The molecule has 0 aromatic heterocycles. The first-order valence-electron chi connectivity index (χ1n) is 6.23. The zero-order valence-corrected chi connectivity index (χ0v) is 9.75. The zero-order chi connectivity index (χ0) is 11.8. The number of hydrogen-bond acceptors (Lipinski definition) is 1. The quantitative estimate of drug-likeness (QED) is 0.685. The van der Waals surface area contributed by atoms with Crippen LogP contribution in [0.2, 0.25) is 0 Å². The fourth-order valence-electron chi connectivity index (χ4n) is 2.84. The Balaban J connectivity index is 2.34. The summed E-state index contributed by atoms with van der Waals surface area (Å²) in [5, 5.41) is 1.76. The predicted molar refractivity (Wildman–Crippen MR) is 68.4 cm³/mol. The average molecular weight is 229 g/mol. The summed E-state index contributed by atoms with van der Waals surface area (Å²) in [7, 11) is 0. The molecule has 0 radical (unpaired) electrons. The van der Waals surface area contributed by atoms with E-state index in [-0.39, 0.29) is 11.9 Å². The third-order valence-electron chi connectivity index (χ3n) is 3.73. The van der Waals surface area contributed by atoms with Crippen LogP contribution >= 0.6 is 0 Å². The lowest BCUT2D eigenvalue weighted by molar-refractivity contribution is 0.604. The Hall–Kier alpha value is -1.41. The summed E-state index contributed by atoms with van der Waals surface area (Å²) in [6, 6.07) is 9.35. The van der Waals surface area contributed by atoms with E-state index in [0.717, 1.165) is 42.0 Å². The van der Waals surface area contributed by atoms with Gasteiger partial charge in [0.1, 0.15) is 5.82 Å². The molecule has 2 aromatic carbocycles. The molecule has 1 aliphatic carbocycles. The van der Waals surface area contributed by atoms with Crippen molar-refractivity contribution in [2.75, 3.05) is 0 Å². The van der Waals surface area contributed by atoms with Gasteiger partial charge >= 0.3 is 0 Å². The Morgan fingerprint density at radius 1 is 1.12 bits per heavy atom. The van der Waals surface area contributed by atoms with Gasteiger partial charge in [0.15, 0.2) is 0 Å². The van der Waals surface area contributed by atoms with Gasteiger partial charge in [-0.15, -0.1) is 0 Å². The Labute approximate surface area is 100 Å². The maximum atomic E-state index is 14.0. The second-order valence-corrected chi connectivity index (χ2v) is 4.82. The normalized spacial score (nSPS) is 20.0. The van der Waals surface area contributed by atoms with Gasteiger partial charge in [-0.2, -0.15) is 0 Å². The second kappa shape index (κ2) is 4.11. The van der Waals surface area contributed by atoms with Gasteiger partial charge < -0.3 is 5.73 Å². The fraction of sp³-hybridized carbons (Fsp3) is 0.333. The van der Waals surface area contributed by atoms with Gasteiger partial charge in [0, 0.05) is 11.4 Å². The summed E-state index contributed by atoms with van der Waals surface area (Å²) in [6.45, 7) is 0. The highest BCUT2D eigenvalue weighted by Gasteiger charge is 2.19. The fourth-order valence-corrected chi connectivity index (χ4v) is 2.84. The van der Waals surface area contributed by atoms with E-state index in [0.29, 0.717) is 0 Å².